The van der Waals surface area contributed by atoms with Gasteiger partial charge in [0, 0.05) is 31.4 Å². The van der Waals surface area contributed by atoms with Gasteiger partial charge in [-0.25, -0.2) is 14.8 Å². The summed E-state index contributed by atoms with van der Waals surface area (Å²) >= 11 is 0. The number of allylic oxidation sites excluding steroid dienone is 11. The minimum atomic E-state index is -1.03. The molecule has 0 amide bonds. The van der Waals surface area contributed by atoms with Gasteiger partial charge in [-0.2, -0.15) is 0 Å². The largest absolute Gasteiger partial charge is 0.456 e. The highest BCUT2D eigenvalue weighted by molar-refractivity contribution is 5.97. The molecule has 1 unspecified atom stereocenters. The number of ketones is 3. The standard InChI is InChI=1S/C44H52N2O9/c1-8-18-37(48)43(3,4)30-20-13-11-10-12-14-21-31(51-7)27-41-46-33(29-53-41)42(50)55-39(44(5,6)38(49)19-9-2)24-17-23-36-35(54-36)22-15-16-25-40-45-32(28-52-40)34(47)26-30/h8-19,21-23,25,28-31,35-36,39H,20,24,26-27H2,1-7H3/b12-10-,13-11-,18-8+,19-9+,21-14+,22-15+,23-17-,25-16-/t30?,31-,35-,36+,39-/m0/s1. The number of cyclic esters (lactones) is 1. The van der Waals surface area contributed by atoms with E-state index in [2.05, 4.69) is 9.97 Å². The van der Waals surface area contributed by atoms with Gasteiger partial charge in [0.1, 0.15) is 36.5 Å². The fourth-order valence-corrected chi connectivity index (χ4v) is 5.86. The summed E-state index contributed by atoms with van der Waals surface area (Å²) in [6.45, 7) is 10.7. The molecule has 1 saturated heterocycles. The van der Waals surface area contributed by atoms with Crippen LogP contribution < -0.4 is 0 Å². The number of Topliss-reactive ketones (excluding diaryl/α,β-unsaturated/α-hetero) is 1. The summed E-state index contributed by atoms with van der Waals surface area (Å²) in [5, 5.41) is 0. The Morgan fingerprint density at radius 1 is 0.764 bits per heavy atom. The Balaban J connectivity index is 1.58. The number of methoxy groups -OCH3 is 1. The van der Waals surface area contributed by atoms with Gasteiger partial charge in [-0.3, -0.25) is 14.4 Å². The molecule has 1 fully saturated rings. The predicted molar refractivity (Wildman–Crippen MR) is 209 cm³/mol. The van der Waals surface area contributed by atoms with E-state index in [1.807, 2.05) is 68.5 Å². The van der Waals surface area contributed by atoms with E-state index in [9.17, 15) is 19.2 Å². The van der Waals surface area contributed by atoms with E-state index in [0.717, 1.165) is 0 Å². The van der Waals surface area contributed by atoms with Crippen LogP contribution in [0.1, 0.15) is 93.6 Å². The van der Waals surface area contributed by atoms with Crippen molar-refractivity contribution in [3.8, 4) is 0 Å². The number of epoxide rings is 1. The van der Waals surface area contributed by atoms with Crippen LogP contribution in [0.15, 0.2) is 113 Å². The number of esters is 1. The highest BCUT2D eigenvalue weighted by atomic mass is 16.6. The number of hydrogen-bond acceptors (Lipinski definition) is 11. The van der Waals surface area contributed by atoms with Gasteiger partial charge in [-0.1, -0.05) is 92.8 Å². The summed E-state index contributed by atoms with van der Waals surface area (Å²) in [5.74, 6) is -0.909. The quantitative estimate of drug-likeness (QED) is 0.116. The summed E-state index contributed by atoms with van der Waals surface area (Å²) in [4.78, 5) is 61.5. The predicted octanol–water partition coefficient (Wildman–Crippen LogP) is 8.33. The number of carbonyl (C=O) groups is 4. The maximum atomic E-state index is 13.4. The first-order valence-electron chi connectivity index (χ1n) is 18.5. The molecule has 0 spiro atoms. The molecule has 5 atom stereocenters. The zero-order chi connectivity index (χ0) is 40.0. The van der Waals surface area contributed by atoms with Gasteiger partial charge < -0.3 is 23.0 Å². The summed E-state index contributed by atoms with van der Waals surface area (Å²) < 4.78 is 28.4. The van der Waals surface area contributed by atoms with E-state index in [4.69, 9.17) is 23.0 Å². The second-order valence-electron chi connectivity index (χ2n) is 14.5. The molecule has 0 saturated carbocycles. The summed E-state index contributed by atoms with van der Waals surface area (Å²) in [6.07, 6.45) is 30.4. The van der Waals surface area contributed by atoms with Gasteiger partial charge in [0.2, 0.25) is 5.89 Å². The third kappa shape index (κ3) is 12.1. The zero-order valence-corrected chi connectivity index (χ0v) is 32.7. The first-order chi connectivity index (χ1) is 26.3. The van der Waals surface area contributed by atoms with Gasteiger partial charge in [-0.15, -0.1) is 0 Å². The molecular formula is C44H52N2O9. The topological polar surface area (TPSA) is 151 Å². The Hall–Kier alpha value is -5.26. The molecule has 2 aliphatic rings. The highest BCUT2D eigenvalue weighted by Crippen LogP contribution is 2.35. The number of fused-ring (bicyclic) bond motifs is 5. The van der Waals surface area contributed by atoms with Crippen molar-refractivity contribution in [2.75, 3.05) is 7.11 Å². The third-order valence-corrected chi connectivity index (χ3v) is 9.76. The number of aromatic nitrogens is 2. The summed E-state index contributed by atoms with van der Waals surface area (Å²) in [5.41, 5.74) is -1.66. The lowest BCUT2D eigenvalue weighted by Crippen LogP contribution is -2.39. The van der Waals surface area contributed by atoms with Crippen LogP contribution in [0.3, 0.4) is 0 Å². The van der Waals surface area contributed by atoms with Crippen LogP contribution in [-0.2, 0) is 30.2 Å². The number of nitrogens with zero attached hydrogens (tertiary/aromatic N) is 2. The Bertz CT molecular complexity index is 1900. The fourth-order valence-electron chi connectivity index (χ4n) is 5.86. The van der Waals surface area contributed by atoms with E-state index in [-0.39, 0.29) is 77.9 Å². The molecule has 2 aromatic heterocycles. The number of oxazole rings is 2. The first kappa shape index (κ1) is 42.5. The maximum absolute atomic E-state index is 13.4. The molecule has 11 nitrogen and oxygen atoms in total. The van der Waals surface area contributed by atoms with Crippen molar-refractivity contribution in [1.82, 2.24) is 9.97 Å². The van der Waals surface area contributed by atoms with Crippen molar-refractivity contribution in [3.05, 3.63) is 127 Å². The molecule has 55 heavy (non-hydrogen) atoms. The number of carbonyl (C=O) groups excluding carboxylic acids is 4. The van der Waals surface area contributed by atoms with Gasteiger partial charge in [-0.05, 0) is 52.2 Å². The molecule has 11 heteroatoms. The van der Waals surface area contributed by atoms with Crippen molar-refractivity contribution in [1.29, 1.82) is 0 Å². The maximum Gasteiger partial charge on any atom is 0.360 e. The molecule has 2 aromatic rings. The summed E-state index contributed by atoms with van der Waals surface area (Å²) in [6, 6.07) is 0. The molecule has 0 N–H and O–H groups in total. The van der Waals surface area contributed by atoms with Crippen molar-refractivity contribution in [2.45, 2.75) is 91.6 Å². The van der Waals surface area contributed by atoms with E-state index in [0.29, 0.717) is 6.42 Å². The SMILES string of the molecule is C/C=C/C(=O)C(C)(C)C1C\C=C/C=C\C=C\[C@H](OC)Cc2nc(co2)C(=O)O[C@H](C(C)(C)C(=O)/C=C/C)C/C=C\[C@H]2O[C@H]2/C=C/C=C\c2nc(co2)C(=O)C1. The number of ether oxygens (including phenoxy) is 3. The fraction of sp³-hybridized carbons (Fsp3) is 0.409. The van der Waals surface area contributed by atoms with Gasteiger partial charge in [0.25, 0.3) is 0 Å². The molecule has 0 aliphatic carbocycles. The van der Waals surface area contributed by atoms with Crippen molar-refractivity contribution in [2.24, 2.45) is 16.7 Å². The van der Waals surface area contributed by atoms with Crippen LogP contribution in [-0.4, -0.2) is 64.8 Å². The van der Waals surface area contributed by atoms with Gasteiger partial charge >= 0.3 is 5.97 Å². The smallest absolute Gasteiger partial charge is 0.360 e. The molecule has 4 rings (SSSR count). The average Bonchev–Trinajstić information content (AvgIpc) is 3.47. The monoisotopic (exact) mass is 752 g/mol. The van der Waals surface area contributed by atoms with E-state index >= 15 is 0 Å². The van der Waals surface area contributed by atoms with Crippen molar-refractivity contribution in [3.63, 3.8) is 0 Å². The minimum absolute atomic E-state index is 0.0119. The Morgan fingerprint density at radius 2 is 1.44 bits per heavy atom. The third-order valence-electron chi connectivity index (χ3n) is 9.76. The Morgan fingerprint density at radius 3 is 2.16 bits per heavy atom. The van der Waals surface area contributed by atoms with Crippen LogP contribution in [0.5, 0.6) is 0 Å². The van der Waals surface area contributed by atoms with Crippen molar-refractivity contribution < 1.29 is 42.2 Å². The first-order valence-corrected chi connectivity index (χ1v) is 18.5. The molecule has 2 aliphatic heterocycles. The van der Waals surface area contributed by atoms with Gasteiger partial charge in [0.05, 0.1) is 17.9 Å². The molecule has 0 radical (unpaired) electrons. The van der Waals surface area contributed by atoms with Crippen LogP contribution in [0.2, 0.25) is 0 Å². The summed E-state index contributed by atoms with van der Waals surface area (Å²) in [7, 11) is 1.56. The second-order valence-corrected chi connectivity index (χ2v) is 14.5. The van der Waals surface area contributed by atoms with E-state index in [1.54, 1.807) is 71.3 Å². The highest BCUT2D eigenvalue weighted by Gasteiger charge is 2.39. The lowest BCUT2D eigenvalue weighted by molar-refractivity contribution is -0.128. The normalized spacial score (nSPS) is 27.1. The Kier molecular flexibility index (Phi) is 15.4. The van der Waals surface area contributed by atoms with Crippen molar-refractivity contribution >= 4 is 29.4 Å². The molecule has 4 heterocycles. The minimum Gasteiger partial charge on any atom is -0.456 e. The zero-order valence-electron chi connectivity index (χ0n) is 32.7. The number of hydrogen-bond donors (Lipinski definition) is 0. The number of rotatable bonds is 7. The lowest BCUT2D eigenvalue weighted by Gasteiger charge is -2.31. The average molecular weight is 753 g/mol. The van der Waals surface area contributed by atoms with Crippen LogP contribution in [0, 0.1) is 16.7 Å². The lowest BCUT2D eigenvalue weighted by atomic mass is 9.71. The van der Waals surface area contributed by atoms with E-state index in [1.165, 1.54) is 18.6 Å². The molecular weight excluding hydrogens is 700 g/mol. The van der Waals surface area contributed by atoms with E-state index < -0.39 is 29.0 Å². The van der Waals surface area contributed by atoms with Gasteiger partial charge in [0.15, 0.2) is 28.9 Å². The second kappa shape index (κ2) is 19.9. The van der Waals surface area contributed by atoms with Crippen LogP contribution >= 0.6 is 0 Å². The van der Waals surface area contributed by atoms with Crippen LogP contribution in [0.4, 0.5) is 0 Å². The molecule has 0 aromatic carbocycles. The molecule has 292 valence electrons. The Labute approximate surface area is 323 Å². The molecule has 4 bridgehead atoms. The van der Waals surface area contributed by atoms with Crippen LogP contribution in [0.25, 0.3) is 6.08 Å².